The molecule has 0 aliphatic carbocycles. The van der Waals surface area contributed by atoms with Crippen LogP contribution in [0, 0.1) is 13.8 Å². The minimum absolute atomic E-state index is 0.179. The molecule has 26 heavy (non-hydrogen) atoms. The number of benzene rings is 1. The molecule has 0 radical (unpaired) electrons. The normalized spacial score (nSPS) is 20.9. The molecule has 140 valence electrons. The smallest absolute Gasteiger partial charge is 0.249 e. The summed E-state index contributed by atoms with van der Waals surface area (Å²) in [6.45, 7) is 4.99. The Kier molecular flexibility index (Phi) is 4.40. The van der Waals surface area contributed by atoms with Crippen molar-refractivity contribution < 1.29 is 22.4 Å². The second kappa shape index (κ2) is 6.59. The Hall–Kier alpha value is -2.06. The summed E-state index contributed by atoms with van der Waals surface area (Å²) in [5, 5.41) is 3.80. The maximum atomic E-state index is 13.2. The second-order valence-corrected chi connectivity index (χ2v) is 8.51. The lowest BCUT2D eigenvalue weighted by atomic mass is 10.0. The first-order chi connectivity index (χ1) is 12.5. The number of fused-ring (bicyclic) bond motifs is 1. The van der Waals surface area contributed by atoms with Gasteiger partial charge in [-0.05, 0) is 44.4 Å². The van der Waals surface area contributed by atoms with Gasteiger partial charge in [0.2, 0.25) is 10.0 Å². The zero-order chi connectivity index (χ0) is 18.3. The van der Waals surface area contributed by atoms with Gasteiger partial charge in [-0.1, -0.05) is 11.2 Å². The SMILES string of the molecule is Cc1noc(C)c1S(=O)(=O)N1CCCC1c1ccc2c(c1)OCCCO2. The van der Waals surface area contributed by atoms with Gasteiger partial charge in [-0.2, -0.15) is 4.31 Å². The quantitative estimate of drug-likeness (QED) is 0.817. The van der Waals surface area contributed by atoms with Gasteiger partial charge >= 0.3 is 0 Å². The predicted octanol–water partition coefficient (Wildman–Crippen LogP) is 2.98. The fraction of sp³-hybridized carbons (Fsp3) is 0.500. The number of rotatable bonds is 3. The van der Waals surface area contributed by atoms with Crippen molar-refractivity contribution in [3.8, 4) is 11.5 Å². The third-order valence-corrected chi connectivity index (χ3v) is 7.05. The highest BCUT2D eigenvalue weighted by Gasteiger charge is 2.39. The van der Waals surface area contributed by atoms with Gasteiger partial charge in [0.15, 0.2) is 17.3 Å². The molecular formula is C18H22N2O5S. The van der Waals surface area contributed by atoms with Crippen LogP contribution in [0.4, 0.5) is 0 Å². The summed E-state index contributed by atoms with van der Waals surface area (Å²) in [7, 11) is -3.68. The minimum Gasteiger partial charge on any atom is -0.490 e. The van der Waals surface area contributed by atoms with Gasteiger partial charge in [-0.25, -0.2) is 8.42 Å². The van der Waals surface area contributed by atoms with E-state index < -0.39 is 10.0 Å². The first-order valence-electron chi connectivity index (χ1n) is 8.83. The summed E-state index contributed by atoms with van der Waals surface area (Å²) in [4.78, 5) is 0.179. The fourth-order valence-corrected chi connectivity index (χ4v) is 5.69. The van der Waals surface area contributed by atoms with Crippen molar-refractivity contribution in [2.45, 2.75) is 44.0 Å². The monoisotopic (exact) mass is 378 g/mol. The highest BCUT2D eigenvalue weighted by atomic mass is 32.2. The number of hydrogen-bond donors (Lipinski definition) is 0. The molecule has 1 saturated heterocycles. The highest BCUT2D eigenvalue weighted by molar-refractivity contribution is 7.89. The molecule has 8 heteroatoms. The van der Waals surface area contributed by atoms with E-state index in [0.29, 0.717) is 42.7 Å². The number of aromatic nitrogens is 1. The van der Waals surface area contributed by atoms with E-state index in [1.807, 2.05) is 18.2 Å². The van der Waals surface area contributed by atoms with Crippen LogP contribution >= 0.6 is 0 Å². The van der Waals surface area contributed by atoms with Crippen LogP contribution in [-0.2, 0) is 10.0 Å². The highest BCUT2D eigenvalue weighted by Crippen LogP contribution is 2.41. The molecule has 1 atom stereocenters. The van der Waals surface area contributed by atoms with Crippen molar-refractivity contribution >= 4 is 10.0 Å². The van der Waals surface area contributed by atoms with Crippen LogP contribution in [0.2, 0.25) is 0 Å². The van der Waals surface area contributed by atoms with E-state index in [9.17, 15) is 8.42 Å². The Morgan fingerprint density at radius 3 is 2.62 bits per heavy atom. The zero-order valence-electron chi connectivity index (χ0n) is 14.9. The Morgan fingerprint density at radius 2 is 1.88 bits per heavy atom. The standard InChI is InChI=1S/C18H22N2O5S/c1-12-18(13(2)25-19-12)26(21,22)20-8-3-5-15(20)14-6-7-16-17(11-14)24-10-4-9-23-16/h6-7,11,15H,3-5,8-10H2,1-2H3. The summed E-state index contributed by atoms with van der Waals surface area (Å²) >= 11 is 0. The molecule has 4 rings (SSSR count). The van der Waals surface area contributed by atoms with Crippen LogP contribution in [-0.4, -0.2) is 37.6 Å². The van der Waals surface area contributed by atoms with Crippen molar-refractivity contribution in [2.24, 2.45) is 0 Å². The minimum atomic E-state index is -3.68. The van der Waals surface area contributed by atoms with Crippen LogP contribution in [0.15, 0.2) is 27.6 Å². The van der Waals surface area contributed by atoms with E-state index in [-0.39, 0.29) is 10.9 Å². The van der Waals surface area contributed by atoms with Crippen molar-refractivity contribution in [2.75, 3.05) is 19.8 Å². The van der Waals surface area contributed by atoms with Crippen molar-refractivity contribution in [1.29, 1.82) is 0 Å². The van der Waals surface area contributed by atoms with Gasteiger partial charge in [0.05, 0.1) is 19.3 Å². The van der Waals surface area contributed by atoms with E-state index in [4.69, 9.17) is 14.0 Å². The maximum absolute atomic E-state index is 13.2. The Balaban J connectivity index is 1.70. The fourth-order valence-electron chi connectivity index (χ4n) is 3.71. The number of aryl methyl sites for hydroxylation is 2. The molecule has 2 aliphatic heterocycles. The van der Waals surface area contributed by atoms with E-state index in [0.717, 1.165) is 24.8 Å². The molecule has 0 saturated carbocycles. The zero-order valence-corrected chi connectivity index (χ0v) is 15.7. The molecule has 1 unspecified atom stereocenters. The molecule has 2 aromatic rings. The number of hydrogen-bond acceptors (Lipinski definition) is 6. The van der Waals surface area contributed by atoms with Crippen LogP contribution in [0.25, 0.3) is 0 Å². The first-order valence-corrected chi connectivity index (χ1v) is 10.3. The van der Waals surface area contributed by atoms with Gasteiger partial charge in [0.25, 0.3) is 0 Å². The van der Waals surface area contributed by atoms with E-state index in [1.54, 1.807) is 18.2 Å². The summed E-state index contributed by atoms with van der Waals surface area (Å²) in [5.41, 5.74) is 1.31. The molecule has 0 N–H and O–H groups in total. The molecule has 3 heterocycles. The summed E-state index contributed by atoms with van der Waals surface area (Å²) in [5.74, 6) is 1.72. The average Bonchev–Trinajstić information content (AvgIpc) is 3.16. The number of ether oxygens (including phenoxy) is 2. The lowest BCUT2D eigenvalue weighted by molar-refractivity contribution is 0.296. The maximum Gasteiger partial charge on any atom is 0.249 e. The van der Waals surface area contributed by atoms with Gasteiger partial charge in [0.1, 0.15) is 10.6 Å². The molecule has 1 aromatic carbocycles. The summed E-state index contributed by atoms with van der Waals surface area (Å²) in [6.07, 6.45) is 2.41. The topological polar surface area (TPSA) is 81.9 Å². The second-order valence-electron chi connectivity index (χ2n) is 6.68. The lowest BCUT2D eigenvalue weighted by Crippen LogP contribution is -2.31. The predicted molar refractivity (Wildman–Crippen MR) is 93.9 cm³/mol. The molecule has 0 bridgehead atoms. The first kappa shape index (κ1) is 17.4. The Morgan fingerprint density at radius 1 is 1.12 bits per heavy atom. The molecule has 7 nitrogen and oxygen atoms in total. The van der Waals surface area contributed by atoms with Crippen LogP contribution in [0.3, 0.4) is 0 Å². The van der Waals surface area contributed by atoms with E-state index in [2.05, 4.69) is 5.16 Å². The number of sulfonamides is 1. The van der Waals surface area contributed by atoms with Gasteiger partial charge in [0, 0.05) is 13.0 Å². The third kappa shape index (κ3) is 2.87. The van der Waals surface area contributed by atoms with Crippen molar-refractivity contribution in [1.82, 2.24) is 9.46 Å². The Labute approximate surface area is 152 Å². The molecule has 0 amide bonds. The molecular weight excluding hydrogens is 356 g/mol. The van der Waals surface area contributed by atoms with E-state index in [1.165, 1.54) is 0 Å². The lowest BCUT2D eigenvalue weighted by Gasteiger charge is -2.25. The van der Waals surface area contributed by atoms with Gasteiger partial charge < -0.3 is 14.0 Å². The molecule has 0 spiro atoms. The molecule has 1 aromatic heterocycles. The molecule has 2 aliphatic rings. The van der Waals surface area contributed by atoms with Crippen LogP contribution in [0.1, 0.15) is 42.3 Å². The number of nitrogens with zero attached hydrogens (tertiary/aromatic N) is 2. The molecule has 1 fully saturated rings. The van der Waals surface area contributed by atoms with Crippen molar-refractivity contribution in [3.05, 3.63) is 35.2 Å². The van der Waals surface area contributed by atoms with Gasteiger partial charge in [-0.15, -0.1) is 0 Å². The largest absolute Gasteiger partial charge is 0.490 e. The summed E-state index contributed by atoms with van der Waals surface area (Å²) in [6, 6.07) is 5.48. The Bertz CT molecular complexity index is 902. The average molecular weight is 378 g/mol. The van der Waals surface area contributed by atoms with Crippen molar-refractivity contribution in [3.63, 3.8) is 0 Å². The van der Waals surface area contributed by atoms with Gasteiger partial charge in [-0.3, -0.25) is 0 Å². The van der Waals surface area contributed by atoms with Crippen LogP contribution < -0.4 is 9.47 Å². The van der Waals surface area contributed by atoms with Crippen LogP contribution in [0.5, 0.6) is 11.5 Å². The summed E-state index contributed by atoms with van der Waals surface area (Å²) < 4.78 is 44.5. The van der Waals surface area contributed by atoms with E-state index >= 15 is 0 Å². The third-order valence-electron chi connectivity index (χ3n) is 4.89.